The number of nitrogens with one attached hydrogen (secondary N) is 1. The number of hydrogen-bond donors (Lipinski definition) is 2. The van der Waals surface area contributed by atoms with Crippen molar-refractivity contribution in [2.75, 3.05) is 32.8 Å². The number of likely N-dealkylation sites (tertiary alicyclic amines) is 2. The summed E-state index contributed by atoms with van der Waals surface area (Å²) in [7, 11) is 0. The molecular weight excluding hydrogens is 587 g/mol. The monoisotopic (exact) mass is 619 g/mol. The molecule has 3 aliphatic heterocycles. The molecule has 2 aromatic rings. The lowest BCUT2D eigenvalue weighted by molar-refractivity contribution is -0.150. The third kappa shape index (κ3) is 5.30. The number of aliphatic imine (C=N–C) groups is 1. The fourth-order valence-electron chi connectivity index (χ4n) is 5.82. The highest BCUT2D eigenvalue weighted by Crippen LogP contribution is 2.44. The number of amides is 1. The van der Waals surface area contributed by atoms with Gasteiger partial charge < -0.3 is 20.1 Å². The molecule has 0 aliphatic carbocycles. The van der Waals surface area contributed by atoms with Gasteiger partial charge in [-0.05, 0) is 44.9 Å². The summed E-state index contributed by atoms with van der Waals surface area (Å²) in [6, 6.07) is 2.16. The first kappa shape index (κ1) is 30.7. The Bertz CT molecular complexity index is 1510. The van der Waals surface area contributed by atoms with E-state index in [2.05, 4.69) is 10.3 Å². The molecular formula is C29H32F3N5O5S. The van der Waals surface area contributed by atoms with Crippen molar-refractivity contribution in [2.24, 2.45) is 10.4 Å². The van der Waals surface area contributed by atoms with Gasteiger partial charge in [0.1, 0.15) is 11.9 Å². The van der Waals surface area contributed by atoms with Crippen molar-refractivity contribution in [3.63, 3.8) is 0 Å². The zero-order valence-corrected chi connectivity index (χ0v) is 24.9. The van der Waals surface area contributed by atoms with Crippen LogP contribution in [0.5, 0.6) is 0 Å². The van der Waals surface area contributed by atoms with E-state index in [4.69, 9.17) is 9.73 Å². The third-order valence-electron chi connectivity index (χ3n) is 8.17. The molecule has 0 radical (unpaired) electrons. The number of thiazole rings is 1. The predicted molar refractivity (Wildman–Crippen MR) is 151 cm³/mol. The Labute approximate surface area is 250 Å². The van der Waals surface area contributed by atoms with Gasteiger partial charge in [-0.15, -0.1) is 11.3 Å². The van der Waals surface area contributed by atoms with Gasteiger partial charge in [-0.1, -0.05) is 12.1 Å². The van der Waals surface area contributed by atoms with Gasteiger partial charge in [0.2, 0.25) is 5.67 Å². The van der Waals surface area contributed by atoms with Crippen molar-refractivity contribution >= 4 is 35.0 Å². The predicted octanol–water partition coefficient (Wildman–Crippen LogP) is 3.18. The second-order valence-electron chi connectivity index (χ2n) is 11.5. The summed E-state index contributed by atoms with van der Waals surface area (Å²) in [6.07, 6.45) is -0.619. The summed E-state index contributed by atoms with van der Waals surface area (Å²) >= 11 is 1.27. The number of carboxylic acids is 1. The number of rotatable bonds is 9. The van der Waals surface area contributed by atoms with Crippen molar-refractivity contribution in [3.8, 4) is 0 Å². The number of amidine groups is 1. The molecule has 1 aromatic carbocycles. The minimum absolute atomic E-state index is 0.0306. The number of carbonyl (C=O) groups is 3. The summed E-state index contributed by atoms with van der Waals surface area (Å²) in [5, 5.41) is 14.9. The van der Waals surface area contributed by atoms with Gasteiger partial charge in [0.05, 0.1) is 23.6 Å². The molecule has 10 nitrogen and oxygen atoms in total. The fraction of sp³-hybridized carbons (Fsp3) is 0.483. The maximum absolute atomic E-state index is 16.3. The second kappa shape index (κ2) is 11.4. The van der Waals surface area contributed by atoms with E-state index in [0.717, 1.165) is 4.90 Å². The molecule has 2 fully saturated rings. The normalized spacial score (nSPS) is 25.9. The number of alkyl halides is 2. The molecule has 3 aliphatic rings. The van der Waals surface area contributed by atoms with Crippen LogP contribution in [0.3, 0.4) is 0 Å². The number of benzene rings is 1. The number of nitrogens with zero attached hydrogens (tertiary/aromatic N) is 4. The van der Waals surface area contributed by atoms with Crippen LogP contribution >= 0.6 is 11.3 Å². The van der Waals surface area contributed by atoms with Crippen LogP contribution in [-0.2, 0) is 19.1 Å². The Morgan fingerprint density at radius 3 is 2.70 bits per heavy atom. The molecule has 2 saturated heterocycles. The van der Waals surface area contributed by atoms with Crippen LogP contribution < -0.4 is 5.32 Å². The molecule has 4 atom stereocenters. The highest BCUT2D eigenvalue weighted by Gasteiger charge is 2.67. The molecule has 0 saturated carbocycles. The summed E-state index contributed by atoms with van der Waals surface area (Å²) in [5.74, 6) is -3.24. The quantitative estimate of drug-likeness (QED) is 0.411. The Hall–Kier alpha value is -3.78. The van der Waals surface area contributed by atoms with Crippen LogP contribution in [0.4, 0.5) is 13.2 Å². The smallest absolute Gasteiger partial charge is 0.338 e. The van der Waals surface area contributed by atoms with Gasteiger partial charge >= 0.3 is 11.9 Å². The standard InChI is InChI=1S/C29H32F3N5O5S/c1-5-42-25(38)21-18(34-23(24-33-9-10-43-24)35-22(21)16-7-6-8-17(30)15(16)2)11-36-12-19(31)29(32)20(36)13-37(26(29)39)14-28(3,4)27(40)41/h6-10,19-20,22H,5,11-14H2,1-4H3,(H,34,35)(H,40,41)/t19-,20+,22+,29-/m1/s1. The van der Waals surface area contributed by atoms with Crippen molar-refractivity contribution < 1.29 is 37.4 Å². The fourth-order valence-corrected chi connectivity index (χ4v) is 6.41. The largest absolute Gasteiger partial charge is 0.481 e. The number of aliphatic carboxylic acids is 1. The maximum Gasteiger partial charge on any atom is 0.338 e. The minimum atomic E-state index is -2.89. The lowest BCUT2D eigenvalue weighted by atomic mass is 9.92. The van der Waals surface area contributed by atoms with Gasteiger partial charge in [-0.2, -0.15) is 0 Å². The molecule has 2 N–H and O–H groups in total. The summed E-state index contributed by atoms with van der Waals surface area (Å²) in [5.41, 5.74) is -3.35. The third-order valence-corrected chi connectivity index (χ3v) is 8.95. The zero-order valence-electron chi connectivity index (χ0n) is 24.1. The van der Waals surface area contributed by atoms with Crippen LogP contribution in [0.2, 0.25) is 0 Å². The number of fused-ring (bicyclic) bond motifs is 1. The van der Waals surface area contributed by atoms with E-state index in [1.807, 2.05) is 0 Å². The molecule has 5 rings (SSSR count). The molecule has 0 spiro atoms. The van der Waals surface area contributed by atoms with E-state index in [-0.39, 0.29) is 48.9 Å². The molecule has 14 heteroatoms. The highest BCUT2D eigenvalue weighted by molar-refractivity contribution is 7.11. The van der Waals surface area contributed by atoms with Crippen LogP contribution in [0.1, 0.15) is 42.9 Å². The van der Waals surface area contributed by atoms with Crippen molar-refractivity contribution in [2.45, 2.75) is 51.6 Å². The van der Waals surface area contributed by atoms with Gasteiger partial charge in [-0.25, -0.2) is 22.9 Å². The Morgan fingerprint density at radius 2 is 2.05 bits per heavy atom. The maximum atomic E-state index is 16.3. The number of esters is 1. The van der Waals surface area contributed by atoms with Crippen LogP contribution in [0, 0.1) is 18.2 Å². The average Bonchev–Trinajstić information content (AvgIpc) is 3.63. The molecule has 0 bridgehead atoms. The second-order valence-corrected chi connectivity index (χ2v) is 12.4. The van der Waals surface area contributed by atoms with E-state index in [0.29, 0.717) is 10.6 Å². The Kier molecular flexibility index (Phi) is 8.11. The molecule has 1 amide bonds. The average molecular weight is 620 g/mol. The van der Waals surface area contributed by atoms with Gasteiger partial charge in [0.15, 0.2) is 17.0 Å². The summed E-state index contributed by atoms with van der Waals surface area (Å²) < 4.78 is 51.8. The van der Waals surface area contributed by atoms with E-state index >= 15 is 8.78 Å². The van der Waals surface area contributed by atoms with E-state index in [9.17, 15) is 23.9 Å². The van der Waals surface area contributed by atoms with Gasteiger partial charge in [0.25, 0.3) is 5.91 Å². The molecule has 1 aromatic heterocycles. The number of carboxylic acid groups (broad SMARTS) is 1. The van der Waals surface area contributed by atoms with E-state index < -0.39 is 59.5 Å². The first-order valence-electron chi connectivity index (χ1n) is 13.8. The minimum Gasteiger partial charge on any atom is -0.481 e. The topological polar surface area (TPSA) is 124 Å². The summed E-state index contributed by atoms with van der Waals surface area (Å²) in [6.45, 7) is 4.84. The number of carbonyl (C=O) groups excluding carboxylic acids is 2. The lowest BCUT2D eigenvalue weighted by Crippen LogP contribution is -2.48. The number of hydrogen-bond acceptors (Lipinski definition) is 9. The first-order chi connectivity index (χ1) is 20.3. The molecule has 230 valence electrons. The van der Waals surface area contributed by atoms with Crippen LogP contribution in [-0.4, -0.2) is 94.2 Å². The number of aromatic nitrogens is 1. The summed E-state index contributed by atoms with van der Waals surface area (Å²) in [4.78, 5) is 49.8. The van der Waals surface area contributed by atoms with Crippen molar-refractivity contribution in [1.29, 1.82) is 0 Å². The van der Waals surface area contributed by atoms with Crippen molar-refractivity contribution in [3.05, 3.63) is 63.0 Å². The van der Waals surface area contributed by atoms with E-state index in [1.165, 1.54) is 42.2 Å². The number of halogens is 3. The first-order valence-corrected chi connectivity index (χ1v) is 14.7. The van der Waals surface area contributed by atoms with Crippen LogP contribution in [0.15, 0.2) is 46.0 Å². The van der Waals surface area contributed by atoms with Crippen molar-refractivity contribution in [1.82, 2.24) is 20.1 Å². The zero-order chi connectivity index (χ0) is 31.3. The Balaban J connectivity index is 1.56. The van der Waals surface area contributed by atoms with Crippen LogP contribution in [0.25, 0.3) is 0 Å². The van der Waals surface area contributed by atoms with E-state index in [1.54, 1.807) is 31.5 Å². The highest BCUT2D eigenvalue weighted by atomic mass is 32.1. The van der Waals surface area contributed by atoms with Gasteiger partial charge in [0, 0.05) is 43.5 Å². The molecule has 0 unspecified atom stereocenters. The van der Waals surface area contributed by atoms with Gasteiger partial charge in [-0.3, -0.25) is 19.5 Å². The molecule has 4 heterocycles. The number of ether oxygens (including phenoxy) is 1. The lowest BCUT2D eigenvalue weighted by Gasteiger charge is -2.32. The Morgan fingerprint density at radius 1 is 1.30 bits per heavy atom. The SMILES string of the molecule is CCOC(=O)C1=C(CN2C[C@@H](F)[C@]3(F)C(=O)N(CC(C)(C)C(=O)O)C[C@H]23)NC(c2nccs2)=N[C@H]1c1cccc(F)c1C. The molecule has 43 heavy (non-hydrogen) atoms.